The summed E-state index contributed by atoms with van der Waals surface area (Å²) in [5.74, 6) is 0. The predicted octanol–water partition coefficient (Wildman–Crippen LogP) is 3.09. The molecule has 0 heterocycles. The second kappa shape index (κ2) is 5.26. The molecule has 0 saturated heterocycles. The number of nitro groups is 2. The molecule has 96 valence electrons. The van der Waals surface area contributed by atoms with E-state index >= 15 is 0 Å². The first-order valence-corrected chi connectivity index (χ1v) is 5.53. The maximum absolute atomic E-state index is 10.9. The van der Waals surface area contributed by atoms with Crippen LogP contribution in [-0.2, 0) is 6.42 Å². The number of hydrogen-bond acceptors (Lipinski definition) is 4. The van der Waals surface area contributed by atoms with Gasteiger partial charge in [0.05, 0.1) is 9.85 Å². The van der Waals surface area contributed by atoms with E-state index in [4.69, 9.17) is 0 Å². The van der Waals surface area contributed by atoms with Crippen molar-refractivity contribution in [3.63, 3.8) is 0 Å². The minimum absolute atomic E-state index is 0.102. The highest BCUT2D eigenvalue weighted by Crippen LogP contribution is 2.26. The Bertz CT molecular complexity index is 626. The number of benzene rings is 2. The number of hydrogen-bond donors (Lipinski definition) is 0. The first-order chi connectivity index (χ1) is 9.08. The van der Waals surface area contributed by atoms with Crippen molar-refractivity contribution in [3.8, 4) is 0 Å². The van der Waals surface area contributed by atoms with E-state index in [1.54, 1.807) is 0 Å². The summed E-state index contributed by atoms with van der Waals surface area (Å²) >= 11 is 0. The molecule has 0 amide bonds. The Morgan fingerprint density at radius 1 is 0.895 bits per heavy atom. The molecule has 0 atom stereocenters. The second-order valence-electron chi connectivity index (χ2n) is 3.99. The predicted molar refractivity (Wildman–Crippen MR) is 69.0 cm³/mol. The summed E-state index contributed by atoms with van der Waals surface area (Å²) in [7, 11) is 0. The topological polar surface area (TPSA) is 86.3 Å². The lowest BCUT2D eigenvalue weighted by Gasteiger charge is -2.03. The smallest absolute Gasteiger partial charge is 0.258 e. The van der Waals surface area contributed by atoms with Crippen LogP contribution in [0.3, 0.4) is 0 Å². The van der Waals surface area contributed by atoms with Crippen LogP contribution in [0.2, 0.25) is 0 Å². The fraction of sp³-hybridized carbons (Fsp3) is 0.0769. The van der Waals surface area contributed by atoms with Gasteiger partial charge in [0, 0.05) is 30.2 Å². The number of nitrogens with zero attached hydrogens (tertiary/aromatic N) is 2. The number of rotatable bonds is 4. The third kappa shape index (κ3) is 2.92. The van der Waals surface area contributed by atoms with E-state index in [9.17, 15) is 20.2 Å². The average Bonchev–Trinajstić information content (AvgIpc) is 2.39. The molecule has 0 aliphatic rings. The van der Waals surface area contributed by atoms with Gasteiger partial charge in [-0.1, -0.05) is 30.3 Å². The van der Waals surface area contributed by atoms with Gasteiger partial charge in [-0.3, -0.25) is 20.2 Å². The van der Waals surface area contributed by atoms with E-state index in [0.29, 0.717) is 12.0 Å². The lowest BCUT2D eigenvalue weighted by molar-refractivity contribution is -0.389. The highest BCUT2D eigenvalue weighted by atomic mass is 16.6. The molecule has 0 aromatic heterocycles. The normalized spacial score (nSPS) is 10.1. The molecule has 2 rings (SSSR count). The summed E-state index contributed by atoms with van der Waals surface area (Å²) in [6.07, 6.45) is 0.291. The molecular weight excluding hydrogens is 248 g/mol. The van der Waals surface area contributed by atoms with Crippen LogP contribution in [-0.4, -0.2) is 9.85 Å². The van der Waals surface area contributed by atoms with E-state index in [1.165, 1.54) is 12.1 Å². The average molecular weight is 258 g/mol. The zero-order chi connectivity index (χ0) is 13.8. The molecule has 0 aliphatic carbocycles. The molecular formula is C13H10N2O4. The first-order valence-electron chi connectivity index (χ1n) is 5.53. The van der Waals surface area contributed by atoms with Gasteiger partial charge in [-0.15, -0.1) is 0 Å². The zero-order valence-electron chi connectivity index (χ0n) is 9.85. The molecule has 0 bridgehead atoms. The van der Waals surface area contributed by atoms with Crippen molar-refractivity contribution < 1.29 is 9.85 Å². The van der Waals surface area contributed by atoms with E-state index in [1.807, 2.05) is 30.3 Å². The summed E-state index contributed by atoms with van der Waals surface area (Å²) in [4.78, 5) is 20.6. The van der Waals surface area contributed by atoms with Crippen LogP contribution in [0, 0.1) is 20.2 Å². The van der Waals surface area contributed by atoms with Gasteiger partial charge in [0.2, 0.25) is 0 Å². The monoisotopic (exact) mass is 258 g/mol. The SMILES string of the molecule is O=[N+]([O-])c1ccc([N+](=O)[O-])c(Cc2ccccc2)c1. The van der Waals surface area contributed by atoms with E-state index in [2.05, 4.69) is 0 Å². The molecule has 2 aromatic rings. The maximum Gasteiger partial charge on any atom is 0.273 e. The fourth-order valence-electron chi connectivity index (χ4n) is 1.82. The van der Waals surface area contributed by atoms with E-state index in [0.717, 1.165) is 11.6 Å². The molecule has 0 radical (unpaired) electrons. The van der Waals surface area contributed by atoms with E-state index < -0.39 is 9.85 Å². The van der Waals surface area contributed by atoms with Gasteiger partial charge in [0.15, 0.2) is 0 Å². The van der Waals surface area contributed by atoms with Gasteiger partial charge < -0.3 is 0 Å². The zero-order valence-corrected chi connectivity index (χ0v) is 9.85. The van der Waals surface area contributed by atoms with Gasteiger partial charge >= 0.3 is 0 Å². The Balaban J connectivity index is 2.43. The summed E-state index contributed by atoms with van der Waals surface area (Å²) in [6, 6.07) is 12.7. The Hall–Kier alpha value is -2.76. The van der Waals surface area contributed by atoms with Crippen molar-refractivity contribution in [2.24, 2.45) is 0 Å². The molecule has 0 saturated carbocycles. The summed E-state index contributed by atoms with van der Waals surface area (Å²) in [5.41, 5.74) is 0.961. The molecule has 6 heteroatoms. The lowest BCUT2D eigenvalue weighted by atomic mass is 10.0. The van der Waals surface area contributed by atoms with Crippen LogP contribution in [0.15, 0.2) is 48.5 Å². The van der Waals surface area contributed by atoms with Gasteiger partial charge in [0.25, 0.3) is 11.4 Å². The standard InChI is InChI=1S/C13H10N2O4/c16-14(17)12-6-7-13(15(18)19)11(9-12)8-10-4-2-1-3-5-10/h1-7,9H,8H2. The van der Waals surface area contributed by atoms with Crippen molar-refractivity contribution in [1.82, 2.24) is 0 Å². The highest BCUT2D eigenvalue weighted by Gasteiger charge is 2.18. The quantitative estimate of drug-likeness (QED) is 0.622. The maximum atomic E-state index is 10.9. The fourth-order valence-corrected chi connectivity index (χ4v) is 1.82. The minimum atomic E-state index is -0.557. The summed E-state index contributed by atoms with van der Waals surface area (Å²) in [5, 5.41) is 21.7. The number of nitro benzene ring substituents is 2. The Labute approximate surface area is 108 Å². The summed E-state index contributed by atoms with van der Waals surface area (Å²) in [6.45, 7) is 0. The van der Waals surface area contributed by atoms with E-state index in [-0.39, 0.29) is 11.4 Å². The number of non-ortho nitro benzene ring substituents is 1. The Kier molecular flexibility index (Phi) is 3.51. The molecule has 0 spiro atoms. The second-order valence-corrected chi connectivity index (χ2v) is 3.99. The molecule has 0 N–H and O–H groups in total. The van der Waals surface area contributed by atoms with Crippen molar-refractivity contribution in [2.45, 2.75) is 6.42 Å². The molecule has 19 heavy (non-hydrogen) atoms. The molecule has 2 aromatic carbocycles. The highest BCUT2D eigenvalue weighted by molar-refractivity contribution is 5.49. The third-order valence-electron chi connectivity index (χ3n) is 2.71. The van der Waals surface area contributed by atoms with Crippen LogP contribution >= 0.6 is 0 Å². The van der Waals surface area contributed by atoms with Crippen molar-refractivity contribution >= 4 is 11.4 Å². The van der Waals surface area contributed by atoms with Gasteiger partial charge in [-0.25, -0.2) is 0 Å². The molecule has 0 unspecified atom stereocenters. The third-order valence-corrected chi connectivity index (χ3v) is 2.71. The minimum Gasteiger partial charge on any atom is -0.258 e. The molecule has 0 aliphatic heterocycles. The Morgan fingerprint density at radius 3 is 2.16 bits per heavy atom. The van der Waals surface area contributed by atoms with Gasteiger partial charge in [0.1, 0.15) is 0 Å². The van der Waals surface area contributed by atoms with Crippen molar-refractivity contribution in [3.05, 3.63) is 79.9 Å². The van der Waals surface area contributed by atoms with Crippen LogP contribution in [0.25, 0.3) is 0 Å². The summed E-state index contributed by atoms with van der Waals surface area (Å²) < 4.78 is 0. The van der Waals surface area contributed by atoms with Gasteiger partial charge in [-0.2, -0.15) is 0 Å². The largest absolute Gasteiger partial charge is 0.273 e. The lowest BCUT2D eigenvalue weighted by Crippen LogP contribution is -1.98. The van der Waals surface area contributed by atoms with Crippen LogP contribution in [0.5, 0.6) is 0 Å². The molecule has 6 nitrogen and oxygen atoms in total. The Morgan fingerprint density at radius 2 is 1.58 bits per heavy atom. The molecule has 0 fully saturated rings. The van der Waals surface area contributed by atoms with Gasteiger partial charge in [-0.05, 0) is 5.56 Å². The van der Waals surface area contributed by atoms with Crippen LogP contribution < -0.4 is 0 Å². The van der Waals surface area contributed by atoms with Crippen LogP contribution in [0.1, 0.15) is 11.1 Å². The van der Waals surface area contributed by atoms with Crippen molar-refractivity contribution in [1.29, 1.82) is 0 Å². The van der Waals surface area contributed by atoms with Crippen molar-refractivity contribution in [2.75, 3.05) is 0 Å². The first kappa shape index (κ1) is 12.7. The van der Waals surface area contributed by atoms with Crippen LogP contribution in [0.4, 0.5) is 11.4 Å².